The minimum atomic E-state index is -1.31. The number of hydrogen-bond acceptors (Lipinski definition) is 4. The second-order valence-corrected chi connectivity index (χ2v) is 2.48. The van der Waals surface area contributed by atoms with Gasteiger partial charge in [0.25, 0.3) is 0 Å². The summed E-state index contributed by atoms with van der Waals surface area (Å²) in [6.45, 7) is 0.599. The van der Waals surface area contributed by atoms with Crippen LogP contribution in [0, 0.1) is 0 Å². The van der Waals surface area contributed by atoms with E-state index in [-0.39, 0.29) is 6.54 Å². The van der Waals surface area contributed by atoms with Crippen molar-refractivity contribution in [2.75, 3.05) is 19.7 Å². The molecule has 0 bridgehead atoms. The van der Waals surface area contributed by atoms with E-state index in [0.29, 0.717) is 13.2 Å². The molecule has 1 aliphatic heterocycles. The lowest BCUT2D eigenvalue weighted by Crippen LogP contribution is -2.40. The predicted molar refractivity (Wildman–Crippen MR) is 38.1 cm³/mol. The lowest BCUT2D eigenvalue weighted by molar-refractivity contribution is -0.126. The zero-order chi connectivity index (χ0) is 9.14. The number of ether oxygens (including phenoxy) is 1. The van der Waals surface area contributed by atoms with Crippen molar-refractivity contribution in [2.24, 2.45) is 5.73 Å². The first-order valence-electron chi connectivity index (χ1n) is 3.50. The largest absolute Gasteiger partial charge is 0.448 e. The Labute approximate surface area is 68.9 Å². The number of carbonyl (C=O) groups excluding carboxylic acids is 2. The van der Waals surface area contributed by atoms with Crippen molar-refractivity contribution in [3.63, 3.8) is 0 Å². The molecular weight excluding hydrogens is 164 g/mol. The predicted octanol–water partition coefficient (Wildman–Crippen LogP) is -1.72. The van der Waals surface area contributed by atoms with E-state index >= 15 is 0 Å². The van der Waals surface area contributed by atoms with E-state index in [0.717, 1.165) is 0 Å². The second kappa shape index (κ2) is 3.40. The molecule has 6 nitrogen and oxygen atoms in total. The van der Waals surface area contributed by atoms with Gasteiger partial charge in [-0.15, -0.1) is 0 Å². The summed E-state index contributed by atoms with van der Waals surface area (Å²) in [5, 5.41) is 8.98. The molecule has 0 aromatic heterocycles. The first-order valence-corrected chi connectivity index (χ1v) is 3.50. The van der Waals surface area contributed by atoms with Gasteiger partial charge in [-0.25, -0.2) is 4.79 Å². The van der Waals surface area contributed by atoms with Crippen LogP contribution in [-0.2, 0) is 9.53 Å². The molecule has 0 aromatic carbocycles. The van der Waals surface area contributed by atoms with Crippen LogP contribution < -0.4 is 5.73 Å². The normalized spacial score (nSPS) is 19.1. The number of amides is 2. The Kier molecular flexibility index (Phi) is 2.49. The van der Waals surface area contributed by atoms with E-state index in [1.165, 1.54) is 4.90 Å². The van der Waals surface area contributed by atoms with Crippen molar-refractivity contribution >= 4 is 12.0 Å². The number of aliphatic hydroxyl groups is 1. The molecule has 2 amide bonds. The van der Waals surface area contributed by atoms with Crippen LogP contribution in [0.2, 0.25) is 0 Å². The number of aliphatic hydroxyl groups excluding tert-OH is 1. The highest BCUT2D eigenvalue weighted by molar-refractivity contribution is 5.79. The highest BCUT2D eigenvalue weighted by Crippen LogP contribution is 2.03. The number of hydrogen-bond donors (Lipinski definition) is 2. The van der Waals surface area contributed by atoms with E-state index in [9.17, 15) is 9.59 Å². The summed E-state index contributed by atoms with van der Waals surface area (Å²) in [5.41, 5.74) is 4.79. The maximum Gasteiger partial charge on any atom is 0.410 e. The summed E-state index contributed by atoms with van der Waals surface area (Å²) in [5.74, 6) is -0.838. The van der Waals surface area contributed by atoms with Crippen molar-refractivity contribution < 1.29 is 19.4 Å². The monoisotopic (exact) mass is 174 g/mol. The summed E-state index contributed by atoms with van der Waals surface area (Å²) in [6.07, 6.45) is -1.83. The van der Waals surface area contributed by atoms with E-state index in [2.05, 4.69) is 4.74 Å². The van der Waals surface area contributed by atoms with Crippen LogP contribution in [0.1, 0.15) is 0 Å². The highest BCUT2D eigenvalue weighted by Gasteiger charge is 2.25. The van der Waals surface area contributed by atoms with Crippen LogP contribution in [0.25, 0.3) is 0 Å². The van der Waals surface area contributed by atoms with Gasteiger partial charge in [0.05, 0.1) is 13.1 Å². The topological polar surface area (TPSA) is 92.9 Å². The summed E-state index contributed by atoms with van der Waals surface area (Å²) in [7, 11) is 0. The maximum absolute atomic E-state index is 10.8. The fraction of sp³-hybridized carbons (Fsp3) is 0.667. The fourth-order valence-electron chi connectivity index (χ4n) is 0.890. The Bertz CT molecular complexity index is 206. The van der Waals surface area contributed by atoms with Crippen LogP contribution >= 0.6 is 0 Å². The minimum absolute atomic E-state index is 0.0891. The van der Waals surface area contributed by atoms with Crippen molar-refractivity contribution in [2.45, 2.75) is 6.10 Å². The van der Waals surface area contributed by atoms with Crippen LogP contribution in [0.4, 0.5) is 4.79 Å². The second-order valence-electron chi connectivity index (χ2n) is 2.48. The van der Waals surface area contributed by atoms with E-state index < -0.39 is 18.1 Å². The number of rotatable bonds is 3. The molecule has 3 N–H and O–H groups in total. The third-order valence-corrected chi connectivity index (χ3v) is 1.57. The number of carbonyl (C=O) groups is 2. The Morgan fingerprint density at radius 1 is 1.83 bits per heavy atom. The zero-order valence-electron chi connectivity index (χ0n) is 6.40. The maximum atomic E-state index is 10.8. The van der Waals surface area contributed by atoms with Gasteiger partial charge in [-0.1, -0.05) is 0 Å². The Hall–Kier alpha value is -1.30. The molecule has 0 spiro atoms. The van der Waals surface area contributed by atoms with Gasteiger partial charge in [-0.05, 0) is 0 Å². The summed E-state index contributed by atoms with van der Waals surface area (Å²) >= 11 is 0. The summed E-state index contributed by atoms with van der Waals surface area (Å²) in [6, 6.07) is 0. The molecule has 1 unspecified atom stereocenters. The molecule has 12 heavy (non-hydrogen) atoms. The molecule has 1 aliphatic rings. The van der Waals surface area contributed by atoms with Gasteiger partial charge < -0.3 is 20.5 Å². The van der Waals surface area contributed by atoms with Crippen molar-refractivity contribution in [3.05, 3.63) is 0 Å². The van der Waals surface area contributed by atoms with Gasteiger partial charge >= 0.3 is 6.09 Å². The first kappa shape index (κ1) is 8.79. The third kappa shape index (κ3) is 1.85. The van der Waals surface area contributed by atoms with Crippen LogP contribution in [0.15, 0.2) is 0 Å². The smallest absolute Gasteiger partial charge is 0.410 e. The molecular formula is C6H10N2O4. The molecule has 0 aromatic rings. The SMILES string of the molecule is NC(=O)C(O)CN1CCOC1=O. The number of cyclic esters (lactones) is 1. The lowest BCUT2D eigenvalue weighted by atomic mass is 10.3. The van der Waals surface area contributed by atoms with Gasteiger partial charge in [0.15, 0.2) is 0 Å². The molecule has 0 saturated carbocycles. The van der Waals surface area contributed by atoms with E-state index in [4.69, 9.17) is 10.8 Å². The van der Waals surface area contributed by atoms with E-state index in [1.807, 2.05) is 0 Å². The van der Waals surface area contributed by atoms with Crippen molar-refractivity contribution in [1.29, 1.82) is 0 Å². The molecule has 1 saturated heterocycles. The number of β-amino-alcohol motifs (C(OH)–C–C–N with tert-alkyl or cyclic N) is 1. The Morgan fingerprint density at radius 2 is 2.50 bits per heavy atom. The highest BCUT2D eigenvalue weighted by atomic mass is 16.6. The number of nitrogens with two attached hydrogens (primary N) is 1. The van der Waals surface area contributed by atoms with Crippen molar-refractivity contribution in [3.8, 4) is 0 Å². The summed E-state index contributed by atoms with van der Waals surface area (Å²) < 4.78 is 4.57. The first-order chi connectivity index (χ1) is 5.61. The van der Waals surface area contributed by atoms with Crippen molar-refractivity contribution in [1.82, 2.24) is 4.90 Å². The average molecular weight is 174 g/mol. The molecule has 1 rings (SSSR count). The molecule has 0 radical (unpaired) electrons. The average Bonchev–Trinajstić information content (AvgIpc) is 2.36. The minimum Gasteiger partial charge on any atom is -0.448 e. The quantitative estimate of drug-likeness (QED) is 0.532. The van der Waals surface area contributed by atoms with Gasteiger partial charge in [-0.3, -0.25) is 4.79 Å². The molecule has 0 aliphatic carbocycles. The lowest BCUT2D eigenvalue weighted by Gasteiger charge is -2.14. The molecule has 1 atom stereocenters. The Balaban J connectivity index is 2.40. The molecule has 68 valence electrons. The van der Waals surface area contributed by atoms with E-state index in [1.54, 1.807) is 0 Å². The van der Waals surface area contributed by atoms with Gasteiger partial charge in [0, 0.05) is 0 Å². The Morgan fingerprint density at radius 3 is 2.92 bits per heavy atom. The molecule has 1 fully saturated rings. The van der Waals surface area contributed by atoms with Gasteiger partial charge in [0.2, 0.25) is 5.91 Å². The summed E-state index contributed by atoms with van der Waals surface area (Å²) in [4.78, 5) is 22.4. The van der Waals surface area contributed by atoms with Crippen LogP contribution in [-0.4, -0.2) is 47.8 Å². The third-order valence-electron chi connectivity index (χ3n) is 1.57. The van der Waals surface area contributed by atoms with Gasteiger partial charge in [-0.2, -0.15) is 0 Å². The number of primary amides is 1. The zero-order valence-corrected chi connectivity index (χ0v) is 6.40. The van der Waals surface area contributed by atoms with Gasteiger partial charge in [0.1, 0.15) is 12.7 Å². The number of nitrogens with zero attached hydrogens (tertiary/aromatic N) is 1. The van der Waals surface area contributed by atoms with Crippen LogP contribution in [0.3, 0.4) is 0 Å². The molecule has 1 heterocycles. The van der Waals surface area contributed by atoms with Crippen LogP contribution in [0.5, 0.6) is 0 Å². The fourth-order valence-corrected chi connectivity index (χ4v) is 0.890. The standard InChI is InChI=1S/C6H10N2O4/c7-5(10)4(9)3-8-1-2-12-6(8)11/h4,9H,1-3H2,(H2,7,10). The molecule has 6 heteroatoms.